The summed E-state index contributed by atoms with van der Waals surface area (Å²) in [5, 5.41) is 6.56. The number of guanidine groups is 1. The molecule has 2 N–H and O–H groups in total. The number of aryl methyl sites for hydroxylation is 2. The van der Waals surface area contributed by atoms with E-state index in [1.54, 1.807) is 7.11 Å². The number of benzene rings is 1. The average molecular weight is 458 g/mol. The van der Waals surface area contributed by atoms with Crippen molar-refractivity contribution in [3.8, 4) is 5.75 Å². The summed E-state index contributed by atoms with van der Waals surface area (Å²) < 4.78 is 10.7. The van der Waals surface area contributed by atoms with Crippen LogP contribution >= 0.6 is 24.0 Å². The molecule has 1 heterocycles. The molecule has 1 aromatic heterocycles. The number of hydrogen-bond donors (Lipinski definition) is 2. The van der Waals surface area contributed by atoms with E-state index in [9.17, 15) is 0 Å². The van der Waals surface area contributed by atoms with Gasteiger partial charge >= 0.3 is 0 Å². The standard InChI is InChI=1S/C18H26N4O2.HI/c1-5-19-18(21-12-17-22-13(2)14(3)24-17)20-11-10-15-6-8-16(23-4)9-7-15;/h6-9H,5,10-12H2,1-4H3,(H2,19,20,21);1H. The molecule has 2 rings (SSSR count). The second kappa shape index (κ2) is 11.0. The normalized spacial score (nSPS) is 11.0. The third-order valence-electron chi connectivity index (χ3n) is 3.65. The van der Waals surface area contributed by atoms with Crippen molar-refractivity contribution in [3.05, 3.63) is 47.2 Å². The number of rotatable bonds is 7. The van der Waals surface area contributed by atoms with Crippen LogP contribution in [0.2, 0.25) is 0 Å². The van der Waals surface area contributed by atoms with E-state index in [1.807, 2.05) is 32.9 Å². The van der Waals surface area contributed by atoms with Gasteiger partial charge in [0.15, 0.2) is 5.96 Å². The molecular weight excluding hydrogens is 431 g/mol. The lowest BCUT2D eigenvalue weighted by atomic mass is 10.1. The van der Waals surface area contributed by atoms with Crippen molar-refractivity contribution in [2.45, 2.75) is 33.7 Å². The lowest BCUT2D eigenvalue weighted by molar-refractivity contribution is 0.414. The van der Waals surface area contributed by atoms with E-state index in [4.69, 9.17) is 9.15 Å². The zero-order valence-corrected chi connectivity index (χ0v) is 17.6. The first kappa shape index (κ1) is 21.3. The third kappa shape index (κ3) is 6.93. The van der Waals surface area contributed by atoms with E-state index in [-0.39, 0.29) is 24.0 Å². The minimum atomic E-state index is 0. The predicted molar refractivity (Wildman–Crippen MR) is 111 cm³/mol. The summed E-state index contributed by atoms with van der Waals surface area (Å²) in [6, 6.07) is 8.09. The van der Waals surface area contributed by atoms with Gasteiger partial charge in [-0.05, 0) is 44.9 Å². The van der Waals surface area contributed by atoms with Gasteiger partial charge in [0.25, 0.3) is 0 Å². The summed E-state index contributed by atoms with van der Waals surface area (Å²) in [5.74, 6) is 3.12. The van der Waals surface area contributed by atoms with Gasteiger partial charge in [-0.15, -0.1) is 24.0 Å². The molecule has 0 atom stereocenters. The van der Waals surface area contributed by atoms with E-state index >= 15 is 0 Å². The number of aliphatic imine (C=N–C) groups is 1. The fourth-order valence-corrected chi connectivity index (χ4v) is 2.21. The molecule has 0 bridgehead atoms. The summed E-state index contributed by atoms with van der Waals surface area (Å²) in [7, 11) is 1.67. The number of ether oxygens (including phenoxy) is 1. The molecule has 2 aromatic rings. The number of aromatic nitrogens is 1. The summed E-state index contributed by atoms with van der Waals surface area (Å²) in [6.07, 6.45) is 0.908. The fourth-order valence-electron chi connectivity index (χ4n) is 2.21. The highest BCUT2D eigenvalue weighted by Gasteiger charge is 2.05. The van der Waals surface area contributed by atoms with Crippen molar-refractivity contribution in [3.63, 3.8) is 0 Å². The molecule has 0 unspecified atom stereocenters. The Labute approximate surface area is 166 Å². The molecule has 0 spiro atoms. The molecule has 0 aliphatic carbocycles. The molecule has 7 heteroatoms. The van der Waals surface area contributed by atoms with Crippen LogP contribution in [0.4, 0.5) is 0 Å². The first-order chi connectivity index (χ1) is 11.6. The van der Waals surface area contributed by atoms with Gasteiger partial charge in [0.05, 0.1) is 12.8 Å². The molecule has 6 nitrogen and oxygen atoms in total. The Kier molecular flexibility index (Phi) is 9.33. The number of oxazole rings is 1. The first-order valence-electron chi connectivity index (χ1n) is 8.20. The minimum Gasteiger partial charge on any atom is -0.497 e. The van der Waals surface area contributed by atoms with Crippen molar-refractivity contribution < 1.29 is 9.15 Å². The number of hydrogen-bond acceptors (Lipinski definition) is 4. The highest BCUT2D eigenvalue weighted by atomic mass is 127. The molecule has 1 aromatic carbocycles. The molecule has 25 heavy (non-hydrogen) atoms. The Morgan fingerprint density at radius 1 is 1.20 bits per heavy atom. The molecule has 0 aliphatic rings. The van der Waals surface area contributed by atoms with Gasteiger partial charge in [0.2, 0.25) is 5.89 Å². The second-order valence-corrected chi connectivity index (χ2v) is 5.47. The van der Waals surface area contributed by atoms with Gasteiger partial charge in [-0.2, -0.15) is 0 Å². The Bertz CT molecular complexity index is 649. The number of methoxy groups -OCH3 is 1. The lowest BCUT2D eigenvalue weighted by Gasteiger charge is -2.11. The summed E-state index contributed by atoms with van der Waals surface area (Å²) in [6.45, 7) is 7.91. The maximum atomic E-state index is 5.55. The average Bonchev–Trinajstić information content (AvgIpc) is 2.91. The predicted octanol–water partition coefficient (Wildman–Crippen LogP) is 3.22. The number of halogens is 1. The van der Waals surface area contributed by atoms with E-state index in [0.29, 0.717) is 12.4 Å². The maximum Gasteiger partial charge on any atom is 0.216 e. The molecule has 138 valence electrons. The summed E-state index contributed by atoms with van der Waals surface area (Å²) in [4.78, 5) is 8.86. The Morgan fingerprint density at radius 2 is 1.92 bits per heavy atom. The third-order valence-corrected chi connectivity index (χ3v) is 3.65. The van der Waals surface area contributed by atoms with Crippen molar-refractivity contribution in [2.24, 2.45) is 4.99 Å². The summed E-state index contributed by atoms with van der Waals surface area (Å²) in [5.41, 5.74) is 2.16. The molecule has 0 saturated heterocycles. The quantitative estimate of drug-likeness (QED) is 0.379. The van der Waals surface area contributed by atoms with Crippen molar-refractivity contribution in [2.75, 3.05) is 20.2 Å². The molecular formula is C18H27IN4O2. The number of nitrogens with one attached hydrogen (secondary N) is 2. The topological polar surface area (TPSA) is 71.7 Å². The zero-order chi connectivity index (χ0) is 17.4. The fraction of sp³-hybridized carbons (Fsp3) is 0.444. The summed E-state index contributed by atoms with van der Waals surface area (Å²) >= 11 is 0. The van der Waals surface area contributed by atoms with Gasteiger partial charge in [0.1, 0.15) is 18.1 Å². The lowest BCUT2D eigenvalue weighted by Crippen LogP contribution is -2.38. The maximum absolute atomic E-state index is 5.55. The van der Waals surface area contributed by atoms with Crippen LogP contribution in [0.5, 0.6) is 5.75 Å². The van der Waals surface area contributed by atoms with Crippen LogP contribution in [0.25, 0.3) is 0 Å². The smallest absolute Gasteiger partial charge is 0.216 e. The van der Waals surface area contributed by atoms with Crippen LogP contribution in [-0.2, 0) is 13.0 Å². The molecule has 0 saturated carbocycles. The zero-order valence-electron chi connectivity index (χ0n) is 15.3. The molecule has 0 aliphatic heterocycles. The number of nitrogens with zero attached hydrogens (tertiary/aromatic N) is 2. The van der Waals surface area contributed by atoms with Gasteiger partial charge in [-0.25, -0.2) is 9.98 Å². The first-order valence-corrected chi connectivity index (χ1v) is 8.20. The van der Waals surface area contributed by atoms with Crippen molar-refractivity contribution in [1.82, 2.24) is 15.6 Å². The van der Waals surface area contributed by atoms with Gasteiger partial charge in [0, 0.05) is 13.1 Å². The molecule has 0 fully saturated rings. The van der Waals surface area contributed by atoms with Gasteiger partial charge < -0.3 is 19.8 Å². The van der Waals surface area contributed by atoms with Crippen molar-refractivity contribution >= 4 is 29.9 Å². The van der Waals surface area contributed by atoms with Crippen molar-refractivity contribution in [1.29, 1.82) is 0 Å². The van der Waals surface area contributed by atoms with Crippen LogP contribution < -0.4 is 15.4 Å². The van der Waals surface area contributed by atoms with Gasteiger partial charge in [-0.3, -0.25) is 0 Å². The van der Waals surface area contributed by atoms with E-state index in [2.05, 4.69) is 32.7 Å². The molecule has 0 radical (unpaired) electrons. The highest BCUT2D eigenvalue weighted by molar-refractivity contribution is 14.0. The largest absolute Gasteiger partial charge is 0.497 e. The monoisotopic (exact) mass is 458 g/mol. The van der Waals surface area contributed by atoms with Crippen LogP contribution in [0.3, 0.4) is 0 Å². The van der Waals surface area contributed by atoms with E-state index in [0.717, 1.165) is 42.7 Å². The van der Waals surface area contributed by atoms with Gasteiger partial charge in [-0.1, -0.05) is 12.1 Å². The highest BCUT2D eigenvalue weighted by Crippen LogP contribution is 2.11. The molecule has 0 amide bonds. The van der Waals surface area contributed by atoms with Crippen LogP contribution in [0.15, 0.2) is 33.7 Å². The van der Waals surface area contributed by atoms with E-state index < -0.39 is 0 Å². The Hall–Kier alpha value is -1.77. The van der Waals surface area contributed by atoms with Crippen LogP contribution in [0.1, 0.15) is 29.8 Å². The Morgan fingerprint density at radius 3 is 2.48 bits per heavy atom. The second-order valence-electron chi connectivity index (χ2n) is 5.47. The van der Waals surface area contributed by atoms with Crippen LogP contribution in [0, 0.1) is 13.8 Å². The Balaban J connectivity index is 0.00000312. The van der Waals surface area contributed by atoms with Crippen LogP contribution in [-0.4, -0.2) is 31.1 Å². The van der Waals surface area contributed by atoms with E-state index in [1.165, 1.54) is 5.56 Å². The SMILES string of the molecule is CCNC(=NCc1nc(C)c(C)o1)NCCc1ccc(OC)cc1.I. The minimum absolute atomic E-state index is 0.